The topological polar surface area (TPSA) is 9.23 Å². The molecule has 0 saturated carbocycles. The summed E-state index contributed by atoms with van der Waals surface area (Å²) >= 11 is 0. The van der Waals surface area contributed by atoms with E-state index in [9.17, 15) is 17.6 Å². The number of hydrogen-bond acceptors (Lipinski definition) is 1. The summed E-state index contributed by atoms with van der Waals surface area (Å²) in [6, 6.07) is 5.99. The van der Waals surface area contributed by atoms with Gasteiger partial charge in [0.1, 0.15) is 0 Å². The maximum atomic E-state index is 13.9. The summed E-state index contributed by atoms with van der Waals surface area (Å²) in [6.45, 7) is 2.23. The van der Waals surface area contributed by atoms with E-state index in [4.69, 9.17) is 4.74 Å². The lowest BCUT2D eigenvalue weighted by Gasteiger charge is -2.07. The lowest BCUT2D eigenvalue weighted by molar-refractivity contribution is 0.288. The van der Waals surface area contributed by atoms with Crippen LogP contribution in [0.1, 0.15) is 30.9 Å². The molecule has 0 aromatic heterocycles. The third kappa shape index (κ3) is 4.04. The molecule has 1 nitrogen and oxygen atoms in total. The van der Waals surface area contributed by atoms with Crippen molar-refractivity contribution in [2.75, 3.05) is 6.61 Å². The van der Waals surface area contributed by atoms with Crippen molar-refractivity contribution in [1.82, 2.24) is 0 Å². The Balaban J connectivity index is 2.27. The molecule has 5 heteroatoms. The second-order valence-electron chi connectivity index (χ2n) is 4.79. The molecule has 0 amide bonds. The molecular weight excluding hydrogens is 308 g/mol. The number of halogens is 4. The number of rotatable bonds is 4. The fourth-order valence-electron chi connectivity index (χ4n) is 1.80. The fraction of sp³-hybridized carbons (Fsp3) is 0.222. The molecule has 0 N–H and O–H groups in total. The summed E-state index contributed by atoms with van der Waals surface area (Å²) in [5, 5.41) is 0. The molecule has 0 unspecified atom stereocenters. The summed E-state index contributed by atoms with van der Waals surface area (Å²) in [5.74, 6) is -0.0936. The van der Waals surface area contributed by atoms with Gasteiger partial charge >= 0.3 is 0 Å². The molecule has 0 bridgehead atoms. The molecule has 2 rings (SSSR count). The normalized spacial score (nSPS) is 10.1. The van der Waals surface area contributed by atoms with Crippen LogP contribution in [-0.4, -0.2) is 6.61 Å². The van der Waals surface area contributed by atoms with E-state index in [0.717, 1.165) is 18.9 Å². The molecule has 120 valence electrons. The molecule has 0 aliphatic heterocycles. The van der Waals surface area contributed by atoms with E-state index < -0.39 is 23.3 Å². The molecule has 0 saturated heterocycles. The first-order chi connectivity index (χ1) is 11.0. The van der Waals surface area contributed by atoms with Crippen molar-refractivity contribution in [3.63, 3.8) is 0 Å². The number of hydrogen-bond donors (Lipinski definition) is 0. The molecule has 0 heterocycles. The van der Waals surface area contributed by atoms with Crippen molar-refractivity contribution in [2.24, 2.45) is 0 Å². The zero-order valence-corrected chi connectivity index (χ0v) is 12.4. The van der Waals surface area contributed by atoms with Gasteiger partial charge in [-0.15, -0.1) is 0 Å². The standard InChI is InChI=1S/C18H14F4O/c1-2-3-11-23-15-10-9-13(17(21)18(15)22)8-7-12-5-4-6-14(19)16(12)20/h4-6,9-10H,2-3,11H2,1H3. The van der Waals surface area contributed by atoms with Crippen LogP contribution in [0, 0.1) is 35.1 Å². The Hall–Kier alpha value is -2.48. The van der Waals surface area contributed by atoms with E-state index in [1.54, 1.807) is 0 Å². The minimum Gasteiger partial charge on any atom is -0.490 e. The molecule has 0 fully saturated rings. The first kappa shape index (κ1) is 16.9. The van der Waals surface area contributed by atoms with Crippen LogP contribution in [0.4, 0.5) is 17.6 Å². The minimum atomic E-state index is -1.18. The van der Waals surface area contributed by atoms with Crippen molar-refractivity contribution >= 4 is 0 Å². The van der Waals surface area contributed by atoms with Crippen molar-refractivity contribution in [3.8, 4) is 17.6 Å². The van der Waals surface area contributed by atoms with Crippen LogP contribution >= 0.6 is 0 Å². The van der Waals surface area contributed by atoms with E-state index in [1.165, 1.54) is 24.3 Å². The second-order valence-corrected chi connectivity index (χ2v) is 4.79. The van der Waals surface area contributed by atoms with Gasteiger partial charge in [0.05, 0.1) is 17.7 Å². The second kappa shape index (κ2) is 7.68. The van der Waals surface area contributed by atoms with Gasteiger partial charge in [-0.25, -0.2) is 13.2 Å². The zero-order valence-electron chi connectivity index (χ0n) is 12.4. The summed E-state index contributed by atoms with van der Waals surface area (Å²) in [5.41, 5.74) is -0.484. The lowest BCUT2D eigenvalue weighted by atomic mass is 10.1. The smallest absolute Gasteiger partial charge is 0.201 e. The molecule has 2 aromatic carbocycles. The highest BCUT2D eigenvalue weighted by molar-refractivity contribution is 5.46. The Kier molecular flexibility index (Phi) is 5.64. The molecule has 0 radical (unpaired) electrons. The van der Waals surface area contributed by atoms with E-state index in [0.29, 0.717) is 0 Å². The van der Waals surface area contributed by atoms with Gasteiger partial charge in [-0.3, -0.25) is 0 Å². The van der Waals surface area contributed by atoms with Crippen LogP contribution in [0.3, 0.4) is 0 Å². The first-order valence-electron chi connectivity index (χ1n) is 7.11. The van der Waals surface area contributed by atoms with Gasteiger partial charge in [-0.05, 0) is 30.7 Å². The highest BCUT2D eigenvalue weighted by Crippen LogP contribution is 2.22. The Morgan fingerprint density at radius 3 is 2.26 bits per heavy atom. The van der Waals surface area contributed by atoms with Crippen LogP contribution in [0.15, 0.2) is 30.3 Å². The van der Waals surface area contributed by atoms with Gasteiger partial charge in [0.15, 0.2) is 23.2 Å². The monoisotopic (exact) mass is 322 g/mol. The summed E-state index contributed by atoms with van der Waals surface area (Å²) < 4.78 is 59.4. The Labute approximate surface area is 131 Å². The molecule has 0 aliphatic carbocycles. The largest absolute Gasteiger partial charge is 0.490 e. The average molecular weight is 322 g/mol. The Morgan fingerprint density at radius 2 is 1.57 bits per heavy atom. The van der Waals surface area contributed by atoms with Gasteiger partial charge in [-0.2, -0.15) is 4.39 Å². The van der Waals surface area contributed by atoms with E-state index in [2.05, 4.69) is 11.8 Å². The van der Waals surface area contributed by atoms with E-state index >= 15 is 0 Å². The quantitative estimate of drug-likeness (QED) is 0.445. The number of ether oxygens (including phenoxy) is 1. The molecule has 23 heavy (non-hydrogen) atoms. The van der Waals surface area contributed by atoms with Gasteiger partial charge < -0.3 is 4.74 Å². The summed E-state index contributed by atoms with van der Waals surface area (Å²) in [4.78, 5) is 0. The summed E-state index contributed by atoms with van der Waals surface area (Å²) in [7, 11) is 0. The molecule has 2 aromatic rings. The molecule has 0 spiro atoms. The molecule has 0 atom stereocenters. The van der Waals surface area contributed by atoms with Gasteiger partial charge in [0.25, 0.3) is 0 Å². The lowest BCUT2D eigenvalue weighted by Crippen LogP contribution is -2.01. The van der Waals surface area contributed by atoms with Crippen LogP contribution in [-0.2, 0) is 0 Å². The predicted octanol–water partition coefficient (Wildman–Crippen LogP) is 4.82. The highest BCUT2D eigenvalue weighted by atomic mass is 19.2. The van der Waals surface area contributed by atoms with Crippen LogP contribution < -0.4 is 4.74 Å². The maximum absolute atomic E-state index is 13.9. The molecule has 0 aliphatic rings. The van der Waals surface area contributed by atoms with Crippen molar-refractivity contribution in [3.05, 3.63) is 64.7 Å². The minimum absolute atomic E-state index is 0.196. The van der Waals surface area contributed by atoms with Crippen LogP contribution in [0.25, 0.3) is 0 Å². The van der Waals surface area contributed by atoms with Crippen LogP contribution in [0.2, 0.25) is 0 Å². The summed E-state index contributed by atoms with van der Waals surface area (Å²) in [6.07, 6.45) is 1.59. The van der Waals surface area contributed by atoms with E-state index in [1.807, 2.05) is 6.92 Å². The van der Waals surface area contributed by atoms with Crippen molar-refractivity contribution in [2.45, 2.75) is 19.8 Å². The number of unbranched alkanes of at least 4 members (excludes halogenated alkanes) is 1. The Morgan fingerprint density at radius 1 is 0.870 bits per heavy atom. The highest BCUT2D eigenvalue weighted by Gasteiger charge is 2.13. The third-order valence-electron chi connectivity index (χ3n) is 3.09. The predicted molar refractivity (Wildman–Crippen MR) is 79.1 cm³/mol. The van der Waals surface area contributed by atoms with Gasteiger partial charge in [-0.1, -0.05) is 31.3 Å². The van der Waals surface area contributed by atoms with E-state index in [-0.39, 0.29) is 23.5 Å². The fourth-order valence-corrected chi connectivity index (χ4v) is 1.80. The Bertz CT molecular complexity index is 760. The van der Waals surface area contributed by atoms with Gasteiger partial charge in [0.2, 0.25) is 5.82 Å². The molecular formula is C18H14F4O. The maximum Gasteiger partial charge on any atom is 0.201 e. The average Bonchev–Trinajstić information content (AvgIpc) is 2.54. The van der Waals surface area contributed by atoms with Crippen molar-refractivity contribution < 1.29 is 22.3 Å². The zero-order chi connectivity index (χ0) is 16.8. The third-order valence-corrected chi connectivity index (χ3v) is 3.09. The SMILES string of the molecule is CCCCOc1ccc(C#Cc2cccc(F)c2F)c(F)c1F. The van der Waals surface area contributed by atoms with Crippen molar-refractivity contribution in [1.29, 1.82) is 0 Å². The van der Waals surface area contributed by atoms with Crippen LogP contribution in [0.5, 0.6) is 5.75 Å². The van der Waals surface area contributed by atoms with Gasteiger partial charge in [0, 0.05) is 0 Å². The number of benzene rings is 2. The first-order valence-corrected chi connectivity index (χ1v) is 7.11.